The highest BCUT2D eigenvalue weighted by molar-refractivity contribution is 6.40. The van der Waals surface area contributed by atoms with Crippen LogP contribution in [-0.2, 0) is 6.61 Å². The van der Waals surface area contributed by atoms with Gasteiger partial charge in [0, 0.05) is 11.1 Å². The standard InChI is InChI=1S/C21H22Cl3NO3/c1-11(16-7-12-2-3-13(16)6-12)25-21(26)19-5-4-15(28-19)10-27-20-17(23)8-14(22)9-18(20)24/h4-5,8-9,11-13,16H,2-3,6-7,10H2,1H3,(H,25,26). The number of furan rings is 1. The molecule has 2 fully saturated rings. The number of fused-ring (bicyclic) bond motifs is 2. The minimum atomic E-state index is -0.191. The lowest BCUT2D eigenvalue weighted by Gasteiger charge is -2.28. The van der Waals surface area contributed by atoms with Gasteiger partial charge in [0.15, 0.2) is 11.5 Å². The van der Waals surface area contributed by atoms with Gasteiger partial charge in [-0.3, -0.25) is 4.79 Å². The molecule has 2 saturated carbocycles. The van der Waals surface area contributed by atoms with Crippen LogP contribution < -0.4 is 10.1 Å². The van der Waals surface area contributed by atoms with Crippen molar-refractivity contribution in [2.75, 3.05) is 0 Å². The fourth-order valence-corrected chi connectivity index (χ4v) is 5.61. The lowest BCUT2D eigenvalue weighted by molar-refractivity contribution is 0.0883. The van der Waals surface area contributed by atoms with Crippen molar-refractivity contribution in [2.45, 2.75) is 45.3 Å². The van der Waals surface area contributed by atoms with Gasteiger partial charge in [0.05, 0.1) is 10.0 Å². The number of hydrogen-bond acceptors (Lipinski definition) is 3. The molecule has 0 radical (unpaired) electrons. The second-order valence-electron chi connectivity index (χ2n) is 7.85. The van der Waals surface area contributed by atoms with Gasteiger partial charge >= 0.3 is 0 Å². The Morgan fingerprint density at radius 3 is 2.61 bits per heavy atom. The van der Waals surface area contributed by atoms with Crippen molar-refractivity contribution in [3.63, 3.8) is 0 Å². The second-order valence-corrected chi connectivity index (χ2v) is 9.10. The van der Waals surface area contributed by atoms with Crippen LogP contribution in [0.2, 0.25) is 15.1 Å². The molecule has 4 atom stereocenters. The molecule has 2 aromatic rings. The molecule has 7 heteroatoms. The number of rotatable bonds is 6. The van der Waals surface area contributed by atoms with E-state index < -0.39 is 0 Å². The van der Waals surface area contributed by atoms with Crippen molar-refractivity contribution in [3.8, 4) is 5.75 Å². The molecule has 0 saturated heterocycles. The third-order valence-electron chi connectivity index (χ3n) is 6.00. The maximum atomic E-state index is 12.5. The number of benzene rings is 1. The molecule has 150 valence electrons. The Morgan fingerprint density at radius 1 is 1.21 bits per heavy atom. The maximum absolute atomic E-state index is 12.5. The van der Waals surface area contributed by atoms with E-state index in [1.165, 1.54) is 25.7 Å². The molecule has 4 nitrogen and oxygen atoms in total. The zero-order chi connectivity index (χ0) is 19.8. The molecule has 1 aromatic heterocycles. The average molecular weight is 443 g/mol. The van der Waals surface area contributed by atoms with Crippen LogP contribution in [0.1, 0.15) is 48.9 Å². The van der Waals surface area contributed by atoms with Gasteiger partial charge in [-0.25, -0.2) is 0 Å². The monoisotopic (exact) mass is 441 g/mol. The summed E-state index contributed by atoms with van der Waals surface area (Å²) in [6, 6.07) is 6.64. The summed E-state index contributed by atoms with van der Waals surface area (Å²) in [5.41, 5.74) is 0. The summed E-state index contributed by atoms with van der Waals surface area (Å²) in [7, 11) is 0. The molecule has 2 bridgehead atoms. The Hall–Kier alpha value is -1.36. The quantitative estimate of drug-likeness (QED) is 0.565. The van der Waals surface area contributed by atoms with Gasteiger partial charge in [0.1, 0.15) is 12.4 Å². The van der Waals surface area contributed by atoms with E-state index in [0.29, 0.717) is 32.5 Å². The predicted octanol–water partition coefficient (Wildman–Crippen LogP) is 6.37. The summed E-state index contributed by atoms with van der Waals surface area (Å²) in [6.07, 6.45) is 5.20. The SMILES string of the molecule is CC(NC(=O)c1ccc(COc2c(Cl)cc(Cl)cc2Cl)o1)C1CC2CCC1C2. The Morgan fingerprint density at radius 2 is 1.96 bits per heavy atom. The molecule has 0 aliphatic heterocycles. The van der Waals surface area contributed by atoms with Crippen molar-refractivity contribution in [2.24, 2.45) is 17.8 Å². The van der Waals surface area contributed by atoms with Crippen molar-refractivity contribution in [1.82, 2.24) is 5.32 Å². The summed E-state index contributed by atoms with van der Waals surface area (Å²) in [5, 5.41) is 4.18. The van der Waals surface area contributed by atoms with Crippen LogP contribution >= 0.6 is 34.8 Å². The van der Waals surface area contributed by atoms with Gasteiger partial charge in [-0.15, -0.1) is 0 Å². The van der Waals surface area contributed by atoms with E-state index in [2.05, 4.69) is 12.2 Å². The minimum absolute atomic E-state index is 0.107. The first-order valence-corrected chi connectivity index (χ1v) is 10.7. The molecule has 1 N–H and O–H groups in total. The molecule has 4 rings (SSSR count). The fourth-order valence-electron chi connectivity index (χ4n) is 4.68. The van der Waals surface area contributed by atoms with E-state index in [9.17, 15) is 4.79 Å². The summed E-state index contributed by atoms with van der Waals surface area (Å²) in [6.45, 7) is 2.21. The lowest BCUT2D eigenvalue weighted by atomic mass is 9.84. The van der Waals surface area contributed by atoms with Crippen LogP contribution in [0.25, 0.3) is 0 Å². The van der Waals surface area contributed by atoms with Crippen molar-refractivity contribution < 1.29 is 13.9 Å². The van der Waals surface area contributed by atoms with Crippen LogP contribution in [0, 0.1) is 17.8 Å². The first kappa shape index (κ1) is 19.9. The first-order chi connectivity index (χ1) is 13.4. The zero-order valence-electron chi connectivity index (χ0n) is 15.5. The molecule has 28 heavy (non-hydrogen) atoms. The molecule has 2 aliphatic carbocycles. The molecular formula is C21H22Cl3NO3. The molecule has 1 amide bonds. The Labute approximate surface area is 179 Å². The van der Waals surface area contributed by atoms with Crippen LogP contribution in [0.3, 0.4) is 0 Å². The van der Waals surface area contributed by atoms with Crippen molar-refractivity contribution in [1.29, 1.82) is 0 Å². The summed E-state index contributed by atoms with van der Waals surface area (Å²) < 4.78 is 11.3. The van der Waals surface area contributed by atoms with Gasteiger partial charge in [-0.1, -0.05) is 41.2 Å². The van der Waals surface area contributed by atoms with Gasteiger partial charge in [-0.2, -0.15) is 0 Å². The Kier molecular flexibility index (Phi) is 5.82. The number of nitrogens with one attached hydrogen (secondary N) is 1. The van der Waals surface area contributed by atoms with Crippen molar-refractivity contribution >= 4 is 40.7 Å². The third kappa shape index (κ3) is 4.14. The molecule has 0 spiro atoms. The summed E-state index contributed by atoms with van der Waals surface area (Å²) in [5.74, 6) is 3.13. The molecule has 2 aliphatic rings. The van der Waals surface area contributed by atoms with E-state index in [4.69, 9.17) is 44.0 Å². The number of carbonyl (C=O) groups is 1. The van der Waals surface area contributed by atoms with Crippen LogP contribution in [0.4, 0.5) is 0 Å². The molecular weight excluding hydrogens is 421 g/mol. The van der Waals surface area contributed by atoms with E-state index in [0.717, 1.165) is 11.8 Å². The normalized spacial score (nSPS) is 24.4. The Bertz CT molecular complexity index is 859. The fraction of sp³-hybridized carbons (Fsp3) is 0.476. The number of halogens is 3. The smallest absolute Gasteiger partial charge is 0.287 e. The second kappa shape index (κ2) is 8.17. The molecule has 1 aromatic carbocycles. The number of ether oxygens (including phenoxy) is 1. The maximum Gasteiger partial charge on any atom is 0.287 e. The molecule has 1 heterocycles. The van der Waals surface area contributed by atoms with Gasteiger partial charge < -0.3 is 14.5 Å². The molecule has 4 unspecified atom stereocenters. The van der Waals surface area contributed by atoms with Gasteiger partial charge in [0.25, 0.3) is 5.91 Å². The van der Waals surface area contributed by atoms with E-state index in [1.807, 2.05) is 0 Å². The minimum Gasteiger partial charge on any atom is -0.483 e. The number of amides is 1. The number of carbonyl (C=O) groups excluding carboxylic acids is 1. The average Bonchev–Trinajstić information content (AvgIpc) is 3.37. The van der Waals surface area contributed by atoms with E-state index in [1.54, 1.807) is 24.3 Å². The van der Waals surface area contributed by atoms with Crippen LogP contribution in [0.5, 0.6) is 5.75 Å². The zero-order valence-corrected chi connectivity index (χ0v) is 17.8. The van der Waals surface area contributed by atoms with Crippen molar-refractivity contribution in [3.05, 3.63) is 50.9 Å². The summed E-state index contributed by atoms with van der Waals surface area (Å²) in [4.78, 5) is 12.5. The highest BCUT2D eigenvalue weighted by Gasteiger charge is 2.42. The van der Waals surface area contributed by atoms with Crippen LogP contribution in [-0.4, -0.2) is 11.9 Å². The van der Waals surface area contributed by atoms with Gasteiger partial charge in [-0.05, 0) is 68.2 Å². The summed E-state index contributed by atoms with van der Waals surface area (Å²) >= 11 is 18.1. The Balaban J connectivity index is 1.34. The lowest BCUT2D eigenvalue weighted by Crippen LogP contribution is -2.40. The van der Waals surface area contributed by atoms with Gasteiger partial charge in [0.2, 0.25) is 0 Å². The largest absolute Gasteiger partial charge is 0.483 e. The topological polar surface area (TPSA) is 51.5 Å². The van der Waals surface area contributed by atoms with Crippen LogP contribution in [0.15, 0.2) is 28.7 Å². The number of hydrogen-bond donors (Lipinski definition) is 1. The predicted molar refractivity (Wildman–Crippen MR) is 110 cm³/mol. The third-order valence-corrected chi connectivity index (χ3v) is 6.78. The highest BCUT2D eigenvalue weighted by Crippen LogP contribution is 2.49. The highest BCUT2D eigenvalue weighted by atomic mass is 35.5. The van der Waals surface area contributed by atoms with E-state index >= 15 is 0 Å². The van der Waals surface area contributed by atoms with E-state index in [-0.39, 0.29) is 24.3 Å². The first-order valence-electron chi connectivity index (χ1n) is 9.57.